The lowest BCUT2D eigenvalue weighted by Crippen LogP contribution is -2.28. The summed E-state index contributed by atoms with van der Waals surface area (Å²) in [5.41, 5.74) is 3.89. The van der Waals surface area contributed by atoms with Crippen LogP contribution in [-0.2, 0) is 11.3 Å². The molecule has 0 fully saturated rings. The molecule has 0 saturated heterocycles. The summed E-state index contributed by atoms with van der Waals surface area (Å²) in [6, 6.07) is 13.7. The van der Waals surface area contributed by atoms with Gasteiger partial charge in [0.2, 0.25) is 0 Å². The fourth-order valence-corrected chi connectivity index (χ4v) is 3.48. The molecule has 0 radical (unpaired) electrons. The van der Waals surface area contributed by atoms with Gasteiger partial charge < -0.3 is 14.8 Å². The van der Waals surface area contributed by atoms with Gasteiger partial charge in [0.25, 0.3) is 5.91 Å². The molecule has 1 heterocycles. The molecule has 0 spiro atoms. The molecule has 2 aromatic carbocycles. The summed E-state index contributed by atoms with van der Waals surface area (Å²) < 4.78 is 10.8. The van der Waals surface area contributed by atoms with Crippen LogP contribution in [0.1, 0.15) is 16.8 Å². The van der Waals surface area contributed by atoms with Gasteiger partial charge in [-0.25, -0.2) is 4.98 Å². The Labute approximate surface area is 163 Å². The van der Waals surface area contributed by atoms with Gasteiger partial charge in [-0.1, -0.05) is 18.2 Å². The summed E-state index contributed by atoms with van der Waals surface area (Å²) in [4.78, 5) is 16.7. The Morgan fingerprint density at radius 2 is 1.81 bits per heavy atom. The zero-order valence-electron chi connectivity index (χ0n) is 15.6. The van der Waals surface area contributed by atoms with E-state index in [0.717, 1.165) is 38.9 Å². The third-order valence-electron chi connectivity index (χ3n) is 4.11. The molecule has 0 aliphatic heterocycles. The molecule has 1 N–H and O–H groups in total. The number of amides is 1. The Balaban J connectivity index is 1.52. The summed E-state index contributed by atoms with van der Waals surface area (Å²) in [5.74, 6) is 1.41. The lowest BCUT2D eigenvalue weighted by Gasteiger charge is -2.11. The molecule has 140 valence electrons. The van der Waals surface area contributed by atoms with E-state index in [1.165, 1.54) is 0 Å². The summed E-state index contributed by atoms with van der Waals surface area (Å²) >= 11 is 1.55. The van der Waals surface area contributed by atoms with Crippen LogP contribution < -0.4 is 14.8 Å². The summed E-state index contributed by atoms with van der Waals surface area (Å²) in [7, 11) is 1.64. The second-order valence-corrected chi connectivity index (χ2v) is 7.02. The van der Waals surface area contributed by atoms with E-state index >= 15 is 0 Å². The second kappa shape index (κ2) is 8.68. The topological polar surface area (TPSA) is 60.5 Å². The van der Waals surface area contributed by atoms with Gasteiger partial charge in [0.1, 0.15) is 16.5 Å². The zero-order chi connectivity index (χ0) is 19.2. The number of thiazole rings is 1. The Morgan fingerprint density at radius 1 is 1.11 bits per heavy atom. The largest absolute Gasteiger partial charge is 0.497 e. The molecule has 1 amide bonds. The third kappa shape index (κ3) is 4.86. The first kappa shape index (κ1) is 18.9. The van der Waals surface area contributed by atoms with Gasteiger partial charge in [0, 0.05) is 10.9 Å². The van der Waals surface area contributed by atoms with E-state index in [2.05, 4.69) is 10.3 Å². The number of carbonyl (C=O) groups is 1. The fourth-order valence-electron chi connectivity index (χ4n) is 2.66. The van der Waals surface area contributed by atoms with E-state index < -0.39 is 0 Å². The van der Waals surface area contributed by atoms with Gasteiger partial charge >= 0.3 is 0 Å². The van der Waals surface area contributed by atoms with Gasteiger partial charge in [0.05, 0.1) is 19.3 Å². The minimum absolute atomic E-state index is 0.0127. The first-order valence-electron chi connectivity index (χ1n) is 8.61. The molecule has 27 heavy (non-hydrogen) atoms. The Bertz CT molecular complexity index is 899. The van der Waals surface area contributed by atoms with Crippen LogP contribution in [0.25, 0.3) is 10.6 Å². The van der Waals surface area contributed by atoms with Crippen LogP contribution >= 0.6 is 11.3 Å². The van der Waals surface area contributed by atoms with Gasteiger partial charge in [-0.3, -0.25) is 4.79 Å². The fraction of sp³-hybridized carbons (Fsp3) is 0.238. The molecule has 3 rings (SSSR count). The lowest BCUT2D eigenvalue weighted by molar-refractivity contribution is -0.123. The van der Waals surface area contributed by atoms with Crippen molar-refractivity contribution in [2.45, 2.75) is 20.4 Å². The Morgan fingerprint density at radius 3 is 2.48 bits per heavy atom. The van der Waals surface area contributed by atoms with Crippen LogP contribution in [0.15, 0.2) is 47.8 Å². The van der Waals surface area contributed by atoms with Gasteiger partial charge in [-0.05, 0) is 49.2 Å². The van der Waals surface area contributed by atoms with E-state index in [-0.39, 0.29) is 12.5 Å². The van der Waals surface area contributed by atoms with Crippen molar-refractivity contribution in [2.24, 2.45) is 0 Å². The van der Waals surface area contributed by atoms with E-state index in [1.807, 2.05) is 61.7 Å². The van der Waals surface area contributed by atoms with E-state index in [0.29, 0.717) is 6.54 Å². The highest BCUT2D eigenvalue weighted by molar-refractivity contribution is 7.13. The smallest absolute Gasteiger partial charge is 0.258 e. The number of nitrogens with zero attached hydrogens (tertiary/aromatic N) is 1. The van der Waals surface area contributed by atoms with Crippen molar-refractivity contribution in [1.29, 1.82) is 0 Å². The maximum absolute atomic E-state index is 12.1. The van der Waals surface area contributed by atoms with Crippen molar-refractivity contribution < 1.29 is 14.3 Å². The predicted octanol–water partition coefficient (Wildman–Crippen LogP) is 4.13. The van der Waals surface area contributed by atoms with Gasteiger partial charge in [-0.15, -0.1) is 11.3 Å². The Hall–Kier alpha value is -2.86. The highest BCUT2D eigenvalue weighted by Gasteiger charge is 2.09. The number of nitrogens with one attached hydrogen (secondary N) is 1. The molecule has 0 bridgehead atoms. The van der Waals surface area contributed by atoms with Crippen LogP contribution in [0.2, 0.25) is 0 Å². The highest BCUT2D eigenvalue weighted by Crippen LogP contribution is 2.25. The maximum atomic E-state index is 12.1. The number of ether oxygens (including phenoxy) is 2. The molecule has 1 aromatic heterocycles. The number of para-hydroxylation sites is 1. The molecule has 0 saturated carbocycles. The number of methoxy groups -OCH3 is 1. The third-order valence-corrected chi connectivity index (χ3v) is 5.05. The molecule has 0 atom stereocenters. The number of hydrogen-bond donors (Lipinski definition) is 1. The SMILES string of the molecule is COc1ccc(-c2nc(CNC(=O)COc3c(C)cccc3C)cs2)cc1. The van der Waals surface area contributed by atoms with Crippen LogP contribution in [-0.4, -0.2) is 24.6 Å². The van der Waals surface area contributed by atoms with Crippen molar-refractivity contribution in [3.63, 3.8) is 0 Å². The average Bonchev–Trinajstić information content (AvgIpc) is 3.15. The summed E-state index contributed by atoms with van der Waals surface area (Å²) in [5, 5.41) is 5.71. The number of aryl methyl sites for hydroxylation is 2. The van der Waals surface area contributed by atoms with Crippen molar-refractivity contribution in [3.05, 3.63) is 64.7 Å². The molecule has 3 aromatic rings. The molecule has 0 aliphatic carbocycles. The van der Waals surface area contributed by atoms with E-state index in [9.17, 15) is 4.79 Å². The number of benzene rings is 2. The van der Waals surface area contributed by atoms with Crippen molar-refractivity contribution in [3.8, 4) is 22.1 Å². The number of carbonyl (C=O) groups excluding carboxylic acids is 1. The number of hydrogen-bond acceptors (Lipinski definition) is 5. The standard InChI is InChI=1S/C21H22N2O3S/c1-14-5-4-6-15(2)20(14)26-12-19(24)22-11-17-13-27-21(23-17)16-7-9-18(25-3)10-8-16/h4-10,13H,11-12H2,1-3H3,(H,22,24). The first-order valence-corrected chi connectivity index (χ1v) is 9.49. The zero-order valence-corrected chi connectivity index (χ0v) is 16.4. The normalized spacial score (nSPS) is 10.5. The Kier molecular flexibility index (Phi) is 6.08. The highest BCUT2D eigenvalue weighted by atomic mass is 32.1. The van der Waals surface area contributed by atoms with Crippen LogP contribution in [0.5, 0.6) is 11.5 Å². The molecule has 0 aliphatic rings. The van der Waals surface area contributed by atoms with Crippen LogP contribution in [0.4, 0.5) is 0 Å². The first-order chi connectivity index (χ1) is 13.1. The van der Waals surface area contributed by atoms with E-state index in [4.69, 9.17) is 9.47 Å². The second-order valence-electron chi connectivity index (χ2n) is 6.16. The minimum Gasteiger partial charge on any atom is -0.497 e. The monoisotopic (exact) mass is 382 g/mol. The van der Waals surface area contributed by atoms with Crippen molar-refractivity contribution in [2.75, 3.05) is 13.7 Å². The maximum Gasteiger partial charge on any atom is 0.258 e. The van der Waals surface area contributed by atoms with Gasteiger partial charge in [0.15, 0.2) is 6.61 Å². The summed E-state index contributed by atoms with van der Waals surface area (Å²) in [6.07, 6.45) is 0. The number of aromatic nitrogens is 1. The number of rotatable bonds is 7. The average molecular weight is 382 g/mol. The van der Waals surface area contributed by atoms with Crippen molar-refractivity contribution >= 4 is 17.2 Å². The summed E-state index contributed by atoms with van der Waals surface area (Å²) in [6.45, 7) is 4.30. The molecule has 6 heteroatoms. The predicted molar refractivity (Wildman–Crippen MR) is 107 cm³/mol. The van der Waals surface area contributed by atoms with Crippen molar-refractivity contribution in [1.82, 2.24) is 10.3 Å². The van der Waals surface area contributed by atoms with Crippen LogP contribution in [0.3, 0.4) is 0 Å². The van der Waals surface area contributed by atoms with E-state index in [1.54, 1.807) is 18.4 Å². The molecular weight excluding hydrogens is 360 g/mol. The lowest BCUT2D eigenvalue weighted by atomic mass is 10.1. The van der Waals surface area contributed by atoms with Crippen LogP contribution in [0, 0.1) is 13.8 Å². The molecule has 0 unspecified atom stereocenters. The molecule has 5 nitrogen and oxygen atoms in total. The quantitative estimate of drug-likeness (QED) is 0.667. The molecular formula is C21H22N2O3S. The minimum atomic E-state index is -0.170. The van der Waals surface area contributed by atoms with Gasteiger partial charge in [-0.2, -0.15) is 0 Å².